The van der Waals surface area contributed by atoms with E-state index in [0.717, 1.165) is 23.0 Å². The highest BCUT2D eigenvalue weighted by Gasteiger charge is 2.53. The van der Waals surface area contributed by atoms with Gasteiger partial charge in [0.05, 0.1) is 31.9 Å². The molecule has 1 spiro atoms. The fourth-order valence-corrected chi connectivity index (χ4v) is 6.51. The number of rotatable bonds is 4. The molecule has 5 heterocycles. The number of hydrogen-bond acceptors (Lipinski definition) is 6. The van der Waals surface area contributed by atoms with Gasteiger partial charge in [0.15, 0.2) is 23.1 Å². The third-order valence-corrected chi connectivity index (χ3v) is 8.81. The van der Waals surface area contributed by atoms with Crippen molar-refractivity contribution in [2.45, 2.75) is 39.2 Å². The van der Waals surface area contributed by atoms with Crippen LogP contribution < -0.4 is 14.8 Å². The van der Waals surface area contributed by atoms with Gasteiger partial charge < -0.3 is 24.6 Å². The van der Waals surface area contributed by atoms with Gasteiger partial charge in [0.1, 0.15) is 6.54 Å². The number of aromatic nitrogens is 2. The number of fused-ring (bicyclic) bond motifs is 9. The molecule has 0 unspecified atom stereocenters. The molecule has 3 amide bonds. The molecular weight excluding hydrogens is 572 g/mol. The predicted octanol–water partition coefficient (Wildman–Crippen LogP) is 2.75. The largest absolute Gasteiger partial charge is 0.490 e. The molecule has 2 aromatic carbocycles. The molecule has 4 aliphatic heterocycles. The summed E-state index contributed by atoms with van der Waals surface area (Å²) in [6, 6.07) is 11.3. The Balaban J connectivity index is 1.24. The molecular formula is C32H35F2N5O5. The van der Waals surface area contributed by atoms with Gasteiger partial charge in [-0.05, 0) is 38.5 Å². The topological polar surface area (TPSA) is 106 Å². The smallest absolute Gasteiger partial charge is 0.244 e. The molecule has 12 heteroatoms. The van der Waals surface area contributed by atoms with Crippen molar-refractivity contribution in [1.29, 1.82) is 0 Å². The quantitative estimate of drug-likeness (QED) is 0.489. The Bertz CT molecular complexity index is 1610. The summed E-state index contributed by atoms with van der Waals surface area (Å²) in [5.74, 6) is -2.00. The minimum Gasteiger partial charge on any atom is -0.490 e. The fourth-order valence-electron chi connectivity index (χ4n) is 6.51. The van der Waals surface area contributed by atoms with Crippen molar-refractivity contribution >= 4 is 17.7 Å². The average Bonchev–Trinajstić information content (AvgIpc) is 3.55. The van der Waals surface area contributed by atoms with Crippen LogP contribution >= 0.6 is 0 Å². The van der Waals surface area contributed by atoms with E-state index >= 15 is 0 Å². The first-order chi connectivity index (χ1) is 21.1. The lowest BCUT2D eigenvalue weighted by Crippen LogP contribution is -2.50. The Kier molecular flexibility index (Phi) is 8.00. The number of para-hydroxylation sites is 1. The number of benzene rings is 2. The van der Waals surface area contributed by atoms with E-state index in [-0.39, 0.29) is 63.2 Å². The SMILES string of the molecule is Cc1cc(C)n(CC(=O)N2C[C@H]3c4cccc5c4OC[C@@]3(CNC(=O)CN(C(=O)Cc3cccc(F)c3F)CCCO5)C2)n1. The van der Waals surface area contributed by atoms with Gasteiger partial charge in [-0.2, -0.15) is 5.10 Å². The molecule has 4 bridgehead atoms. The fraction of sp³-hybridized carbons (Fsp3) is 0.438. The Hall–Kier alpha value is -4.48. The Morgan fingerprint density at radius 3 is 2.70 bits per heavy atom. The standard InChI is InChI=1S/C32H35F2N5O5/c1-20-12-21(2)39(36-20)16-29(42)38-14-24-23-7-4-9-26-31(23)44-19-32(24,18-38)17-35-27(40)15-37(10-5-11-43-26)28(41)13-22-6-3-8-25(33)30(22)34/h3-4,6-9,12,24H,5,10-11,13-19H2,1-2H3,(H,35,40)/t24-,32+/m0/s1. The zero-order chi connectivity index (χ0) is 31.0. The van der Waals surface area contributed by atoms with Gasteiger partial charge in [-0.25, -0.2) is 8.78 Å². The molecule has 0 saturated carbocycles. The second-order valence-electron chi connectivity index (χ2n) is 11.9. The summed E-state index contributed by atoms with van der Waals surface area (Å²) >= 11 is 0. The maximum Gasteiger partial charge on any atom is 0.244 e. The molecule has 1 fully saturated rings. The van der Waals surface area contributed by atoms with Gasteiger partial charge in [0.25, 0.3) is 0 Å². The van der Waals surface area contributed by atoms with E-state index in [0.29, 0.717) is 31.0 Å². The number of ether oxygens (including phenoxy) is 2. The van der Waals surface area contributed by atoms with Crippen LogP contribution in [0.25, 0.3) is 0 Å². The van der Waals surface area contributed by atoms with Crippen LogP contribution in [0.3, 0.4) is 0 Å². The van der Waals surface area contributed by atoms with Crippen molar-refractivity contribution in [3.63, 3.8) is 0 Å². The first-order valence-corrected chi connectivity index (χ1v) is 14.8. The number of halogens is 2. The molecule has 0 aliphatic carbocycles. The van der Waals surface area contributed by atoms with Crippen molar-refractivity contribution in [2.75, 3.05) is 45.9 Å². The van der Waals surface area contributed by atoms with Crippen molar-refractivity contribution in [2.24, 2.45) is 5.41 Å². The van der Waals surface area contributed by atoms with E-state index in [1.54, 1.807) is 9.58 Å². The number of hydrogen-bond donors (Lipinski definition) is 1. The van der Waals surface area contributed by atoms with E-state index in [1.165, 1.54) is 17.0 Å². The van der Waals surface area contributed by atoms with Crippen molar-refractivity contribution in [1.82, 2.24) is 24.9 Å². The molecule has 44 heavy (non-hydrogen) atoms. The monoisotopic (exact) mass is 607 g/mol. The van der Waals surface area contributed by atoms with E-state index < -0.39 is 28.9 Å². The Morgan fingerprint density at radius 2 is 1.91 bits per heavy atom. The number of carbonyl (C=O) groups excluding carboxylic acids is 3. The molecule has 0 radical (unpaired) electrons. The summed E-state index contributed by atoms with van der Waals surface area (Å²) in [6.45, 7) is 5.35. The third kappa shape index (κ3) is 5.72. The van der Waals surface area contributed by atoms with Crippen LogP contribution in [0.5, 0.6) is 11.5 Å². The highest BCUT2D eigenvalue weighted by atomic mass is 19.2. The maximum atomic E-state index is 14.3. The van der Waals surface area contributed by atoms with Gasteiger partial charge in [0, 0.05) is 54.3 Å². The second-order valence-corrected chi connectivity index (χ2v) is 11.9. The molecule has 3 aromatic rings. The van der Waals surface area contributed by atoms with Gasteiger partial charge in [-0.1, -0.05) is 24.3 Å². The summed E-state index contributed by atoms with van der Waals surface area (Å²) < 4.78 is 42.2. The summed E-state index contributed by atoms with van der Waals surface area (Å²) in [7, 11) is 0. The molecule has 1 aromatic heterocycles. The molecule has 7 rings (SSSR count). The van der Waals surface area contributed by atoms with Gasteiger partial charge in [-0.3, -0.25) is 19.1 Å². The normalized spacial score (nSPS) is 21.6. The van der Waals surface area contributed by atoms with E-state index in [2.05, 4.69) is 10.4 Å². The van der Waals surface area contributed by atoms with Crippen LogP contribution in [0.1, 0.15) is 34.9 Å². The van der Waals surface area contributed by atoms with Crippen LogP contribution in [0, 0.1) is 30.9 Å². The van der Waals surface area contributed by atoms with Crippen LogP contribution in [0.4, 0.5) is 8.78 Å². The molecule has 2 atom stereocenters. The third-order valence-electron chi connectivity index (χ3n) is 8.81. The Labute approximate surface area is 253 Å². The van der Waals surface area contributed by atoms with Gasteiger partial charge in [0.2, 0.25) is 17.7 Å². The van der Waals surface area contributed by atoms with E-state index in [4.69, 9.17) is 9.47 Å². The lowest BCUT2D eigenvalue weighted by molar-refractivity contribution is -0.136. The van der Waals surface area contributed by atoms with Crippen LogP contribution in [-0.2, 0) is 27.3 Å². The maximum absolute atomic E-state index is 14.3. The van der Waals surface area contributed by atoms with Crippen molar-refractivity contribution in [3.05, 3.63) is 76.6 Å². The molecule has 10 nitrogen and oxygen atoms in total. The number of amides is 3. The van der Waals surface area contributed by atoms with E-state index in [9.17, 15) is 23.2 Å². The molecule has 1 saturated heterocycles. The summed E-state index contributed by atoms with van der Waals surface area (Å²) in [5.41, 5.74) is 1.97. The highest BCUT2D eigenvalue weighted by Crippen LogP contribution is 2.52. The lowest BCUT2D eigenvalue weighted by Gasteiger charge is -2.40. The Morgan fingerprint density at radius 1 is 1.09 bits per heavy atom. The molecule has 4 aliphatic rings. The number of nitrogens with one attached hydrogen (secondary N) is 1. The van der Waals surface area contributed by atoms with Gasteiger partial charge in [-0.15, -0.1) is 0 Å². The minimum absolute atomic E-state index is 0.0722. The van der Waals surface area contributed by atoms with Crippen molar-refractivity contribution < 1.29 is 32.6 Å². The number of nitrogens with zero attached hydrogens (tertiary/aromatic N) is 4. The molecule has 1 N–H and O–H groups in total. The first-order valence-electron chi connectivity index (χ1n) is 14.8. The van der Waals surface area contributed by atoms with Crippen LogP contribution in [0.2, 0.25) is 0 Å². The molecule has 232 valence electrons. The van der Waals surface area contributed by atoms with Crippen LogP contribution in [-0.4, -0.2) is 83.2 Å². The van der Waals surface area contributed by atoms with Crippen molar-refractivity contribution in [3.8, 4) is 11.5 Å². The highest BCUT2D eigenvalue weighted by molar-refractivity contribution is 5.86. The summed E-state index contributed by atoms with van der Waals surface area (Å²) in [6.07, 6.45) is 0.0202. The zero-order valence-electron chi connectivity index (χ0n) is 24.8. The number of carbonyl (C=O) groups is 3. The van der Waals surface area contributed by atoms with Crippen LogP contribution in [0.15, 0.2) is 42.5 Å². The lowest BCUT2D eigenvalue weighted by atomic mass is 9.73. The predicted molar refractivity (Wildman–Crippen MR) is 155 cm³/mol. The summed E-state index contributed by atoms with van der Waals surface area (Å²) in [4.78, 5) is 43.2. The first kappa shape index (κ1) is 29.6. The average molecular weight is 608 g/mol. The zero-order valence-corrected chi connectivity index (χ0v) is 24.8. The number of likely N-dealkylation sites (tertiary alicyclic amines) is 1. The van der Waals surface area contributed by atoms with E-state index in [1.807, 2.05) is 38.1 Å². The minimum atomic E-state index is -1.07. The van der Waals surface area contributed by atoms with Gasteiger partial charge >= 0.3 is 0 Å². The number of aryl methyl sites for hydroxylation is 2. The second kappa shape index (κ2) is 11.9. The summed E-state index contributed by atoms with van der Waals surface area (Å²) in [5, 5.41) is 7.43.